The molecule has 2 aromatic rings. The summed E-state index contributed by atoms with van der Waals surface area (Å²) in [6.45, 7) is 1.80. The van der Waals surface area contributed by atoms with Crippen LogP contribution < -0.4 is 4.72 Å². The van der Waals surface area contributed by atoms with Gasteiger partial charge in [0.2, 0.25) is 0 Å². The van der Waals surface area contributed by atoms with Gasteiger partial charge >= 0.3 is 0 Å². The van der Waals surface area contributed by atoms with Crippen molar-refractivity contribution in [3.8, 4) is 0 Å². The maximum atomic E-state index is 13.3. The fourth-order valence-corrected chi connectivity index (χ4v) is 4.85. The van der Waals surface area contributed by atoms with Gasteiger partial charge in [-0.25, -0.2) is 12.8 Å². The third-order valence-corrected chi connectivity index (χ3v) is 6.91. The summed E-state index contributed by atoms with van der Waals surface area (Å²) in [6, 6.07) is 5.62. The molecule has 0 saturated carbocycles. The smallest absolute Gasteiger partial charge is 0.271 e. The second-order valence-electron chi connectivity index (χ2n) is 3.76. The summed E-state index contributed by atoms with van der Waals surface area (Å²) in [5, 5.41) is 0. The number of thiophene rings is 1. The van der Waals surface area contributed by atoms with Crippen molar-refractivity contribution in [2.45, 2.75) is 11.1 Å². The molecule has 0 bridgehead atoms. The highest BCUT2D eigenvalue weighted by Gasteiger charge is 2.18. The van der Waals surface area contributed by atoms with E-state index < -0.39 is 15.8 Å². The maximum absolute atomic E-state index is 13.3. The molecule has 1 aromatic carbocycles. The lowest BCUT2D eigenvalue weighted by Crippen LogP contribution is -2.11. The molecule has 0 spiro atoms. The molecule has 2 rings (SSSR count). The van der Waals surface area contributed by atoms with E-state index in [9.17, 15) is 12.8 Å². The molecule has 0 aliphatic heterocycles. The highest BCUT2D eigenvalue weighted by molar-refractivity contribution is 9.11. The molecule has 0 aliphatic rings. The number of rotatable bonds is 3. The van der Waals surface area contributed by atoms with Gasteiger partial charge in [0.1, 0.15) is 10.0 Å². The topological polar surface area (TPSA) is 46.2 Å². The summed E-state index contributed by atoms with van der Waals surface area (Å²) in [5.74, 6) is -0.524. The summed E-state index contributed by atoms with van der Waals surface area (Å²) in [6.07, 6.45) is 0. The predicted molar refractivity (Wildman–Crippen MR) is 81.7 cm³/mol. The average Bonchev–Trinajstić information content (AvgIpc) is 2.65. The number of hydrogen-bond acceptors (Lipinski definition) is 3. The van der Waals surface area contributed by atoms with Crippen LogP contribution in [0.4, 0.5) is 10.1 Å². The number of halogens is 3. The molecule has 19 heavy (non-hydrogen) atoms. The number of aryl methyl sites for hydroxylation is 1. The molecule has 1 aromatic heterocycles. The molecule has 0 saturated heterocycles. The highest BCUT2D eigenvalue weighted by Crippen LogP contribution is 2.31. The Labute approximate surface area is 131 Å². The van der Waals surface area contributed by atoms with Crippen molar-refractivity contribution >= 4 is 58.9 Å². The quantitative estimate of drug-likeness (QED) is 0.780. The van der Waals surface area contributed by atoms with E-state index in [1.54, 1.807) is 13.0 Å². The Bertz CT molecular complexity index is 709. The van der Waals surface area contributed by atoms with Gasteiger partial charge < -0.3 is 0 Å². The molecule has 3 nitrogen and oxygen atoms in total. The first-order valence-electron chi connectivity index (χ1n) is 5.03. The maximum Gasteiger partial charge on any atom is 0.271 e. The number of nitrogens with one attached hydrogen (secondary N) is 1. The van der Waals surface area contributed by atoms with E-state index in [1.165, 1.54) is 12.1 Å². The van der Waals surface area contributed by atoms with Crippen molar-refractivity contribution in [2.75, 3.05) is 4.72 Å². The van der Waals surface area contributed by atoms with Crippen molar-refractivity contribution in [1.29, 1.82) is 0 Å². The summed E-state index contributed by atoms with van der Waals surface area (Å²) < 4.78 is 41.1. The fourth-order valence-electron chi connectivity index (χ4n) is 1.33. The minimum atomic E-state index is -3.69. The van der Waals surface area contributed by atoms with Crippen LogP contribution in [-0.2, 0) is 10.0 Å². The van der Waals surface area contributed by atoms with Crippen LogP contribution in [0.5, 0.6) is 0 Å². The van der Waals surface area contributed by atoms with Gasteiger partial charge in [0.05, 0.1) is 13.9 Å². The minimum absolute atomic E-state index is 0.181. The van der Waals surface area contributed by atoms with Gasteiger partial charge in [0.15, 0.2) is 0 Å². The molecule has 0 amide bonds. The SMILES string of the molecule is Cc1cc(S(=O)(=O)Nc2ccc(Br)c(F)c2)sc1Br. The van der Waals surface area contributed by atoms with Gasteiger partial charge in [0, 0.05) is 0 Å². The van der Waals surface area contributed by atoms with Crippen molar-refractivity contribution in [2.24, 2.45) is 0 Å². The van der Waals surface area contributed by atoms with Gasteiger partial charge in [-0.3, -0.25) is 4.72 Å². The highest BCUT2D eigenvalue weighted by atomic mass is 79.9. The Kier molecular flexibility index (Phi) is 4.34. The Morgan fingerprint density at radius 3 is 2.47 bits per heavy atom. The van der Waals surface area contributed by atoms with Crippen LogP contribution in [-0.4, -0.2) is 8.42 Å². The van der Waals surface area contributed by atoms with E-state index in [0.717, 1.165) is 26.8 Å². The first-order chi connectivity index (χ1) is 8.79. The Balaban J connectivity index is 2.33. The largest absolute Gasteiger partial charge is 0.279 e. The predicted octanol–water partition coefficient (Wildman–Crippen LogP) is 4.52. The van der Waals surface area contributed by atoms with E-state index in [2.05, 4.69) is 36.6 Å². The first kappa shape index (κ1) is 15.0. The number of anilines is 1. The molecule has 0 unspecified atom stereocenters. The lowest BCUT2D eigenvalue weighted by Gasteiger charge is -2.06. The normalized spacial score (nSPS) is 11.6. The Hall–Kier alpha value is -0.440. The lowest BCUT2D eigenvalue weighted by atomic mass is 10.3. The standard InChI is InChI=1S/C11H8Br2FNO2S2/c1-6-4-10(18-11(6)13)19(16,17)15-7-2-3-8(12)9(14)5-7/h2-5,15H,1H3. The zero-order valence-corrected chi connectivity index (χ0v) is 14.4. The lowest BCUT2D eigenvalue weighted by molar-refractivity contribution is 0.603. The van der Waals surface area contributed by atoms with Gasteiger partial charge in [0.25, 0.3) is 10.0 Å². The van der Waals surface area contributed by atoms with Crippen LogP contribution in [0.3, 0.4) is 0 Å². The molecule has 1 N–H and O–H groups in total. The van der Waals surface area contributed by atoms with Crippen molar-refractivity contribution < 1.29 is 12.8 Å². The van der Waals surface area contributed by atoms with Crippen LogP contribution in [0, 0.1) is 12.7 Å². The van der Waals surface area contributed by atoms with Crippen LogP contribution in [0.15, 0.2) is 36.7 Å². The Morgan fingerprint density at radius 1 is 1.26 bits per heavy atom. The van der Waals surface area contributed by atoms with Gasteiger partial charge in [-0.15, -0.1) is 11.3 Å². The summed E-state index contributed by atoms with van der Waals surface area (Å²) in [5.41, 5.74) is 1.02. The fraction of sp³-hybridized carbons (Fsp3) is 0.0909. The van der Waals surface area contributed by atoms with E-state index in [0.29, 0.717) is 0 Å². The third kappa shape index (κ3) is 3.36. The summed E-state index contributed by atoms with van der Waals surface area (Å²) in [7, 11) is -3.69. The van der Waals surface area contributed by atoms with E-state index >= 15 is 0 Å². The van der Waals surface area contributed by atoms with Crippen molar-refractivity contribution in [1.82, 2.24) is 0 Å². The molecular weight excluding hydrogens is 421 g/mol. The zero-order valence-electron chi connectivity index (χ0n) is 9.58. The molecule has 102 valence electrons. The molecule has 0 atom stereocenters. The number of hydrogen-bond donors (Lipinski definition) is 1. The molecular formula is C11H8Br2FNO2S2. The van der Waals surface area contributed by atoms with E-state index in [-0.39, 0.29) is 14.4 Å². The van der Waals surface area contributed by atoms with Crippen LogP contribution in [0.2, 0.25) is 0 Å². The van der Waals surface area contributed by atoms with Crippen molar-refractivity contribution in [3.63, 3.8) is 0 Å². The van der Waals surface area contributed by atoms with Gasteiger partial charge in [-0.1, -0.05) is 0 Å². The van der Waals surface area contributed by atoms with Crippen LogP contribution in [0.1, 0.15) is 5.56 Å². The molecule has 1 heterocycles. The molecule has 0 radical (unpaired) electrons. The van der Waals surface area contributed by atoms with E-state index in [4.69, 9.17) is 0 Å². The van der Waals surface area contributed by atoms with Gasteiger partial charge in [-0.2, -0.15) is 0 Å². The van der Waals surface area contributed by atoms with Crippen molar-refractivity contribution in [3.05, 3.63) is 43.9 Å². The average molecular weight is 429 g/mol. The van der Waals surface area contributed by atoms with Crippen LogP contribution >= 0.6 is 43.2 Å². The summed E-state index contributed by atoms with van der Waals surface area (Å²) >= 11 is 7.40. The third-order valence-electron chi connectivity index (χ3n) is 2.27. The zero-order chi connectivity index (χ0) is 14.2. The second-order valence-corrected chi connectivity index (χ2v) is 8.89. The molecule has 8 heteroatoms. The Morgan fingerprint density at radius 2 is 1.95 bits per heavy atom. The monoisotopic (exact) mass is 427 g/mol. The number of benzene rings is 1. The van der Waals surface area contributed by atoms with Gasteiger partial charge in [-0.05, 0) is 68.6 Å². The van der Waals surface area contributed by atoms with E-state index in [1.807, 2.05) is 0 Å². The molecule has 0 aliphatic carbocycles. The number of sulfonamides is 1. The first-order valence-corrected chi connectivity index (χ1v) is 8.92. The second kappa shape index (κ2) is 5.51. The van der Waals surface area contributed by atoms with Crippen LogP contribution in [0.25, 0.3) is 0 Å². The summed E-state index contributed by atoms with van der Waals surface area (Å²) in [4.78, 5) is 0. The molecule has 0 fully saturated rings. The minimum Gasteiger partial charge on any atom is -0.279 e.